The molecule has 131 heavy (non-hydrogen) atoms. The molecule has 15 rings (SSSR count). The zero-order valence-electron chi connectivity index (χ0n) is 80.4. The minimum absolute atomic E-state index is 0.196. The number of hydrogen-bond acceptors (Lipinski definition) is 11. The number of phenolic OH excluding ortho intramolecular Hbond substituents is 4. The second-order valence-electron chi connectivity index (χ2n) is 37.2. The quantitative estimate of drug-likeness (QED) is 0.0173. The van der Waals surface area contributed by atoms with Crippen LogP contribution in [0, 0.1) is 0 Å². The summed E-state index contributed by atoms with van der Waals surface area (Å²) in [4.78, 5) is 0. The molecule has 2 atom stereocenters. The molecule has 11 aromatic rings. The van der Waals surface area contributed by atoms with Crippen molar-refractivity contribution in [2.45, 2.75) is 172 Å². The van der Waals surface area contributed by atoms with Gasteiger partial charge in [0.15, 0.2) is 34.7 Å². The van der Waals surface area contributed by atoms with Crippen molar-refractivity contribution >= 4 is 71.2 Å². The lowest BCUT2D eigenvalue weighted by Crippen LogP contribution is -2.42. The number of rotatable bonds is 34. The highest BCUT2D eigenvalue weighted by Gasteiger charge is 2.49. The molecule has 2 aliphatic carbocycles. The number of hydrogen-bond donors (Lipinski definition) is 4. The summed E-state index contributed by atoms with van der Waals surface area (Å²) in [6, 6.07) is 80.5. The van der Waals surface area contributed by atoms with Gasteiger partial charge in [-0.3, -0.25) is 0 Å². The first kappa shape index (κ1) is 103. The molecule has 2 heterocycles. The van der Waals surface area contributed by atoms with Gasteiger partial charge in [0, 0.05) is 5.41 Å². The average Bonchev–Trinajstić information content (AvgIpc) is 1.55. The third-order valence-electron chi connectivity index (χ3n) is 24.2. The van der Waals surface area contributed by atoms with Gasteiger partial charge in [-0.2, -0.15) is 0 Å². The molecular formula is C113H140O11Si7. The van der Waals surface area contributed by atoms with Crippen LogP contribution >= 0.6 is 0 Å². The molecule has 2 fully saturated rings. The van der Waals surface area contributed by atoms with Crippen molar-refractivity contribution in [3.8, 4) is 56.8 Å². The zero-order valence-corrected chi connectivity index (χ0v) is 88.0. The van der Waals surface area contributed by atoms with Crippen molar-refractivity contribution in [1.82, 2.24) is 0 Å². The lowest BCUT2D eigenvalue weighted by Gasteiger charge is -2.35. The van der Waals surface area contributed by atoms with E-state index in [1.165, 1.54) is 55.6 Å². The first-order valence-electron chi connectivity index (χ1n) is 46.0. The van der Waals surface area contributed by atoms with Crippen molar-refractivity contribution in [3.05, 3.63) is 420 Å². The van der Waals surface area contributed by atoms with Crippen LogP contribution in [-0.2, 0) is 76.6 Å². The Balaban J connectivity index is 0.000000177. The third kappa shape index (κ3) is 25.7. The van der Waals surface area contributed by atoms with E-state index in [4.69, 9.17) is 31.3 Å². The molecule has 0 saturated carbocycles. The number of phenols is 4. The van der Waals surface area contributed by atoms with E-state index in [2.05, 4.69) is 328 Å². The van der Waals surface area contributed by atoms with Crippen LogP contribution in [-0.4, -0.2) is 120 Å². The molecule has 2 aliphatic heterocycles. The molecule has 4 N–H and O–H groups in total. The van der Waals surface area contributed by atoms with Crippen molar-refractivity contribution in [1.29, 1.82) is 0 Å². The van der Waals surface area contributed by atoms with E-state index < -0.39 is 71.7 Å². The van der Waals surface area contributed by atoms with Crippen LogP contribution in [0.4, 0.5) is 0 Å². The summed E-state index contributed by atoms with van der Waals surface area (Å²) < 4.78 is 40.9. The average molecular weight is 1870 g/mol. The summed E-state index contributed by atoms with van der Waals surface area (Å²) in [6.07, 6.45) is 15.3. The summed E-state index contributed by atoms with van der Waals surface area (Å²) in [6.45, 7) is 69.0. The van der Waals surface area contributed by atoms with Gasteiger partial charge >= 0.3 is 8.56 Å². The van der Waals surface area contributed by atoms with Gasteiger partial charge in [0.05, 0.1) is 41.6 Å². The van der Waals surface area contributed by atoms with Crippen LogP contribution in [0.5, 0.6) is 34.5 Å². The van der Waals surface area contributed by atoms with Gasteiger partial charge in [-0.05, 0) is 252 Å². The number of ether oxygens (including phenoxy) is 4. The molecule has 686 valence electrons. The fraction of sp³-hybridized carbons (Fsp3) is 0.274. The van der Waals surface area contributed by atoms with Crippen molar-refractivity contribution in [2.75, 3.05) is 26.4 Å². The Morgan fingerprint density at radius 3 is 0.885 bits per heavy atom. The van der Waals surface area contributed by atoms with Crippen LogP contribution in [0.15, 0.2) is 331 Å². The molecule has 0 bridgehead atoms. The monoisotopic (exact) mass is 1870 g/mol. The van der Waals surface area contributed by atoms with Gasteiger partial charge < -0.3 is 51.7 Å². The Morgan fingerprint density at radius 1 is 0.359 bits per heavy atom. The lowest BCUT2D eigenvalue weighted by molar-refractivity contribution is 0.261. The maximum absolute atomic E-state index is 10.5. The predicted molar refractivity (Wildman–Crippen MR) is 570 cm³/mol. The van der Waals surface area contributed by atoms with Crippen LogP contribution in [0.1, 0.15) is 103 Å². The van der Waals surface area contributed by atoms with Gasteiger partial charge in [0.2, 0.25) is 0 Å². The summed E-state index contributed by atoms with van der Waals surface area (Å²) in [5.74, 6) is 2.90. The number of epoxide rings is 2. The Bertz CT molecular complexity index is 5450. The first-order valence-corrected chi connectivity index (χ1v) is 66.1. The Hall–Kier alpha value is -10.5. The van der Waals surface area contributed by atoms with E-state index in [1.807, 2.05) is 72.1 Å². The molecule has 0 aromatic heterocycles. The minimum Gasteiger partial charge on any atom is -0.508 e. The van der Waals surface area contributed by atoms with Crippen LogP contribution in [0.2, 0.25) is 91.7 Å². The third-order valence-corrected chi connectivity index (χ3v) is 42.1. The molecule has 4 aliphatic rings. The zero-order chi connectivity index (χ0) is 95.2. The SMILES string of the molecule is C=CCc1cc(C(C)(C)c2ccc(O)c(CC=C)c2)ccc1O.C=CCc1cc(C2(c3ccc(O)c(CC=C)c3)c3ccccc3-c3ccccc32)ccc1O.C=CCc1cc(C2(c3ccc(OCC4CO4)c(CC=C)c3)c3ccccc3-c3ccccc32)ccc1OCC1CO1.C=C[Si](C)(C)O[Si](C)(C)C=C.C[SiH](C)O[Si](C)(C)O[SiH](C)C.C[SiH](C)c1ccc([SiH](C)C)cc1. The van der Waals surface area contributed by atoms with E-state index in [0.717, 1.165) is 80.3 Å². The fourth-order valence-corrected chi connectivity index (χ4v) is 35.3. The smallest absolute Gasteiger partial charge is 0.310 e. The Kier molecular flexibility index (Phi) is 36.2. The van der Waals surface area contributed by atoms with Crippen molar-refractivity contribution in [2.24, 2.45) is 0 Å². The molecule has 18 heteroatoms. The highest BCUT2D eigenvalue weighted by Crippen LogP contribution is 2.59. The van der Waals surface area contributed by atoms with Crippen LogP contribution < -0.4 is 19.8 Å². The molecule has 0 spiro atoms. The fourth-order valence-electron chi connectivity index (χ4n) is 17.5. The van der Waals surface area contributed by atoms with Crippen molar-refractivity contribution < 1.29 is 51.7 Å². The molecular weight excluding hydrogens is 1730 g/mol. The van der Waals surface area contributed by atoms with Crippen LogP contribution in [0.3, 0.4) is 0 Å². The van der Waals surface area contributed by atoms with Gasteiger partial charge in [-0.1, -0.05) is 292 Å². The van der Waals surface area contributed by atoms with Crippen LogP contribution in [0.25, 0.3) is 22.3 Å². The standard InChI is InChI=1S/C37H34O4.C31H26O2.C21H24O2.C10H18Si2.C8H18OSi2.C6H20O2Si3/c1-3-9-25-19-27(15-17-35(25)40-23-29-21-38-29)37(33-13-7-5-11-31(33)32-12-6-8-14-34(32)37)28-16-18-36(26(20-28)10-4-2)41-24-30-22-39-30;1-3-9-21-19-23(15-17-29(21)32)31(24-16-18-30(33)22(20-24)10-4-2)27-13-7-5-11-25(27)26-12-6-8-14-28(26)31;1-5-7-15-13-17(9-11-19(15)22)21(3,4)18-10-12-20(23)16(14-18)8-6-2;1-11(2)9-5-7-10(8-6-9)12(3)4;1-7-10(3,4)9-11(5,6)8-2;1-9(2)7-11(5,6)8-10(3)4/h3-8,11-20,29-30H,1-2,9-10,21-24H2;3-8,11-20,32-33H,1-2,9-10H2;5-6,9-14,22-23H,1-2,7-8H2,3-4H3;5-8,11-12H,1-4H3;7-8H,1-2H2,3-6H3;9-10H,1-6H3. The molecule has 0 radical (unpaired) electrons. The highest BCUT2D eigenvalue weighted by atomic mass is 28.5. The molecule has 2 saturated heterocycles. The van der Waals surface area contributed by atoms with Gasteiger partial charge in [-0.15, -0.1) is 52.6 Å². The maximum Gasteiger partial charge on any atom is 0.310 e. The summed E-state index contributed by atoms with van der Waals surface area (Å²) in [5, 5.41) is 44.1. The second-order valence-corrected chi connectivity index (χ2v) is 60.1. The van der Waals surface area contributed by atoms with Gasteiger partial charge in [-0.25, -0.2) is 0 Å². The number of allylic oxidation sites excluding steroid dienone is 6. The molecule has 11 aromatic carbocycles. The van der Waals surface area contributed by atoms with E-state index in [1.54, 1.807) is 46.8 Å². The predicted octanol–water partition coefficient (Wildman–Crippen LogP) is 24.5. The Labute approximate surface area is 792 Å². The largest absolute Gasteiger partial charge is 0.508 e. The highest BCUT2D eigenvalue weighted by molar-refractivity contribution is 6.89. The van der Waals surface area contributed by atoms with E-state index >= 15 is 0 Å². The maximum atomic E-state index is 10.5. The molecule has 2 unspecified atom stereocenters. The van der Waals surface area contributed by atoms with E-state index in [0.29, 0.717) is 63.2 Å². The summed E-state index contributed by atoms with van der Waals surface area (Å²) >= 11 is 0. The normalized spacial score (nSPS) is 14.5. The number of fused-ring (bicyclic) bond motifs is 6. The molecule has 0 amide bonds. The minimum atomic E-state index is -1.71. The number of benzene rings is 11. The van der Waals surface area contributed by atoms with Gasteiger partial charge in [0.1, 0.15) is 59.9 Å². The number of aromatic hydroxyl groups is 4. The second kappa shape index (κ2) is 46.2. The topological polar surface area (TPSA) is 152 Å². The van der Waals surface area contributed by atoms with Gasteiger partial charge in [0.25, 0.3) is 0 Å². The van der Waals surface area contributed by atoms with Crippen molar-refractivity contribution in [3.63, 3.8) is 0 Å². The lowest BCUT2D eigenvalue weighted by atomic mass is 9.67. The molecule has 11 nitrogen and oxygen atoms in total. The summed E-state index contributed by atoms with van der Waals surface area (Å²) in [7, 11) is -7.79. The Morgan fingerprint density at radius 2 is 0.618 bits per heavy atom. The van der Waals surface area contributed by atoms with E-state index in [-0.39, 0.29) is 29.1 Å². The van der Waals surface area contributed by atoms with E-state index in [9.17, 15) is 20.4 Å². The summed E-state index contributed by atoms with van der Waals surface area (Å²) in [5.41, 5.74) is 24.9. The first-order chi connectivity index (χ1) is 62.5.